The average Bonchev–Trinajstić information content (AvgIpc) is 2.67. The maximum atomic E-state index is 12.7. The van der Waals surface area contributed by atoms with Crippen LogP contribution in [0.4, 0.5) is 17.1 Å². The Morgan fingerprint density at radius 2 is 1.96 bits per heavy atom. The van der Waals surface area contributed by atoms with Gasteiger partial charge in [-0.2, -0.15) is 0 Å². The molecule has 0 aromatic heterocycles. The third-order valence-corrected chi connectivity index (χ3v) is 4.71. The number of nitrogens with zero attached hydrogens (tertiary/aromatic N) is 2. The Hall–Kier alpha value is -3.35. The Labute approximate surface area is 164 Å². The minimum absolute atomic E-state index is 0.0692. The number of rotatable bonds is 5. The van der Waals surface area contributed by atoms with E-state index < -0.39 is 0 Å². The molecule has 146 valence electrons. The minimum atomic E-state index is -0.288. The fraction of sp³-hybridized carbons (Fsp3) is 0.286. The molecule has 1 aliphatic heterocycles. The summed E-state index contributed by atoms with van der Waals surface area (Å²) in [5, 5.41) is 5.64. The van der Waals surface area contributed by atoms with E-state index in [-0.39, 0.29) is 30.8 Å². The van der Waals surface area contributed by atoms with Crippen LogP contribution in [0.15, 0.2) is 42.5 Å². The van der Waals surface area contributed by atoms with Gasteiger partial charge in [0.05, 0.1) is 24.5 Å². The van der Waals surface area contributed by atoms with Crippen LogP contribution in [-0.2, 0) is 16.0 Å². The van der Waals surface area contributed by atoms with Gasteiger partial charge in [0.25, 0.3) is 5.91 Å². The Kier molecular flexibility index (Phi) is 5.63. The largest absolute Gasteiger partial charge is 0.364 e. The van der Waals surface area contributed by atoms with Crippen LogP contribution in [0.25, 0.3) is 0 Å². The molecule has 3 amide bonds. The number of para-hydroxylation sites is 1. The summed E-state index contributed by atoms with van der Waals surface area (Å²) in [7, 11) is 3.40. The van der Waals surface area contributed by atoms with E-state index in [1.807, 2.05) is 43.1 Å². The molecule has 7 heteroatoms. The molecule has 0 saturated carbocycles. The number of hydrogen-bond donors (Lipinski definition) is 2. The van der Waals surface area contributed by atoms with Gasteiger partial charge in [0.1, 0.15) is 0 Å². The second-order valence-electron chi connectivity index (χ2n) is 6.86. The summed E-state index contributed by atoms with van der Waals surface area (Å²) >= 11 is 0. The van der Waals surface area contributed by atoms with Gasteiger partial charge in [0.2, 0.25) is 11.8 Å². The molecule has 7 nitrogen and oxygen atoms in total. The van der Waals surface area contributed by atoms with Crippen molar-refractivity contribution in [3.8, 4) is 0 Å². The standard InChI is InChI=1S/C21H24N4O3/c1-4-14-7-5-6-8-16(14)22-20(27)13-25(3)21(28)15-9-10-18-17(11-15)23-19(26)12-24(18)2/h5-11H,4,12-13H2,1-3H3,(H,22,27)(H,23,26). The summed E-state index contributed by atoms with van der Waals surface area (Å²) in [6, 6.07) is 12.7. The zero-order valence-electron chi connectivity index (χ0n) is 16.3. The van der Waals surface area contributed by atoms with Gasteiger partial charge in [-0.3, -0.25) is 14.4 Å². The molecule has 0 bridgehead atoms. The molecule has 1 aliphatic rings. The van der Waals surface area contributed by atoms with E-state index in [0.29, 0.717) is 11.3 Å². The average molecular weight is 380 g/mol. The number of fused-ring (bicyclic) bond motifs is 1. The van der Waals surface area contributed by atoms with Crippen LogP contribution in [-0.4, -0.2) is 49.8 Å². The normalized spacial score (nSPS) is 12.8. The highest BCUT2D eigenvalue weighted by atomic mass is 16.2. The smallest absolute Gasteiger partial charge is 0.254 e. The monoisotopic (exact) mass is 380 g/mol. The van der Waals surface area contributed by atoms with Gasteiger partial charge in [-0.05, 0) is 36.2 Å². The lowest BCUT2D eigenvalue weighted by atomic mass is 10.1. The van der Waals surface area contributed by atoms with Crippen molar-refractivity contribution in [1.29, 1.82) is 0 Å². The number of nitrogens with one attached hydrogen (secondary N) is 2. The molecule has 1 heterocycles. The van der Waals surface area contributed by atoms with Crippen LogP contribution in [0.2, 0.25) is 0 Å². The number of aryl methyl sites for hydroxylation is 1. The molecule has 2 aromatic carbocycles. The first-order valence-corrected chi connectivity index (χ1v) is 9.17. The molecule has 2 aromatic rings. The maximum Gasteiger partial charge on any atom is 0.254 e. The molecule has 0 radical (unpaired) electrons. The summed E-state index contributed by atoms with van der Waals surface area (Å²) in [6.45, 7) is 2.23. The Morgan fingerprint density at radius 1 is 1.21 bits per heavy atom. The highest BCUT2D eigenvalue weighted by molar-refractivity contribution is 6.04. The molecule has 0 saturated heterocycles. The van der Waals surface area contributed by atoms with Crippen molar-refractivity contribution in [3.05, 3.63) is 53.6 Å². The first-order valence-electron chi connectivity index (χ1n) is 9.17. The maximum absolute atomic E-state index is 12.7. The third kappa shape index (κ3) is 4.14. The van der Waals surface area contributed by atoms with Crippen molar-refractivity contribution in [2.24, 2.45) is 0 Å². The summed E-state index contributed by atoms with van der Waals surface area (Å²) in [5.41, 5.74) is 3.67. The van der Waals surface area contributed by atoms with Gasteiger partial charge < -0.3 is 20.4 Å². The topological polar surface area (TPSA) is 81.8 Å². The molecule has 0 fully saturated rings. The summed E-state index contributed by atoms with van der Waals surface area (Å²) in [6.07, 6.45) is 0.806. The van der Waals surface area contributed by atoms with Crippen molar-refractivity contribution < 1.29 is 14.4 Å². The van der Waals surface area contributed by atoms with Gasteiger partial charge in [0, 0.05) is 25.3 Å². The highest BCUT2D eigenvalue weighted by Gasteiger charge is 2.22. The number of likely N-dealkylation sites (N-methyl/N-ethyl adjacent to an activating group) is 2. The van der Waals surface area contributed by atoms with Crippen molar-refractivity contribution in [2.45, 2.75) is 13.3 Å². The first-order chi connectivity index (χ1) is 13.4. The number of benzene rings is 2. The van der Waals surface area contributed by atoms with Crippen LogP contribution in [0.1, 0.15) is 22.8 Å². The van der Waals surface area contributed by atoms with E-state index >= 15 is 0 Å². The SMILES string of the molecule is CCc1ccccc1NC(=O)CN(C)C(=O)c1ccc2c(c1)NC(=O)CN2C. The second-order valence-corrected chi connectivity index (χ2v) is 6.86. The number of hydrogen-bond acceptors (Lipinski definition) is 4. The van der Waals surface area contributed by atoms with E-state index in [1.165, 1.54) is 4.90 Å². The fourth-order valence-corrected chi connectivity index (χ4v) is 3.24. The zero-order chi connectivity index (χ0) is 20.3. The van der Waals surface area contributed by atoms with Crippen molar-refractivity contribution in [2.75, 3.05) is 42.7 Å². The highest BCUT2D eigenvalue weighted by Crippen LogP contribution is 2.29. The van der Waals surface area contributed by atoms with Crippen molar-refractivity contribution >= 4 is 34.8 Å². The zero-order valence-corrected chi connectivity index (χ0v) is 16.3. The Morgan fingerprint density at radius 3 is 2.71 bits per heavy atom. The van der Waals surface area contributed by atoms with Crippen LogP contribution < -0.4 is 15.5 Å². The summed E-state index contributed by atoms with van der Waals surface area (Å²) in [4.78, 5) is 40.0. The molecule has 0 spiro atoms. The molecule has 0 aliphatic carbocycles. The lowest BCUT2D eigenvalue weighted by Crippen LogP contribution is -2.36. The fourth-order valence-electron chi connectivity index (χ4n) is 3.24. The second kappa shape index (κ2) is 8.12. The Balaban J connectivity index is 1.68. The number of amides is 3. The van der Waals surface area contributed by atoms with E-state index in [1.54, 1.807) is 25.2 Å². The summed E-state index contributed by atoms with van der Waals surface area (Å²) in [5.74, 6) is -0.672. The van der Waals surface area contributed by atoms with Gasteiger partial charge in [-0.25, -0.2) is 0 Å². The quantitative estimate of drug-likeness (QED) is 0.834. The van der Waals surface area contributed by atoms with E-state index in [2.05, 4.69) is 10.6 Å². The molecule has 28 heavy (non-hydrogen) atoms. The van der Waals surface area contributed by atoms with E-state index in [4.69, 9.17) is 0 Å². The lowest BCUT2D eigenvalue weighted by molar-refractivity contribution is -0.117. The van der Waals surface area contributed by atoms with Gasteiger partial charge in [-0.1, -0.05) is 25.1 Å². The molecule has 3 rings (SSSR count). The van der Waals surface area contributed by atoms with E-state index in [0.717, 1.165) is 23.4 Å². The van der Waals surface area contributed by atoms with Gasteiger partial charge in [-0.15, -0.1) is 0 Å². The lowest BCUT2D eigenvalue weighted by Gasteiger charge is -2.28. The number of carbonyl (C=O) groups excluding carboxylic acids is 3. The molecule has 0 unspecified atom stereocenters. The molecular formula is C21H24N4O3. The number of anilines is 3. The Bertz CT molecular complexity index is 926. The predicted octanol–water partition coefficient (Wildman–Crippen LogP) is 2.35. The summed E-state index contributed by atoms with van der Waals surface area (Å²) < 4.78 is 0. The number of carbonyl (C=O) groups is 3. The van der Waals surface area contributed by atoms with E-state index in [9.17, 15) is 14.4 Å². The first kappa shape index (κ1) is 19.4. The van der Waals surface area contributed by atoms with Crippen LogP contribution >= 0.6 is 0 Å². The molecule has 0 atom stereocenters. The molecular weight excluding hydrogens is 356 g/mol. The van der Waals surface area contributed by atoms with Gasteiger partial charge in [0.15, 0.2) is 0 Å². The minimum Gasteiger partial charge on any atom is -0.364 e. The molecule has 2 N–H and O–H groups in total. The van der Waals surface area contributed by atoms with Crippen LogP contribution in [0, 0.1) is 0 Å². The van der Waals surface area contributed by atoms with Crippen LogP contribution in [0.5, 0.6) is 0 Å². The third-order valence-electron chi connectivity index (χ3n) is 4.71. The van der Waals surface area contributed by atoms with Crippen molar-refractivity contribution in [1.82, 2.24) is 4.90 Å². The predicted molar refractivity (Wildman–Crippen MR) is 110 cm³/mol. The van der Waals surface area contributed by atoms with Crippen molar-refractivity contribution in [3.63, 3.8) is 0 Å². The van der Waals surface area contributed by atoms with Crippen LogP contribution in [0.3, 0.4) is 0 Å². The van der Waals surface area contributed by atoms with Gasteiger partial charge >= 0.3 is 0 Å².